The molecule has 0 heterocycles. The molecule has 1 saturated carbocycles. The third kappa shape index (κ3) is 0.975. The lowest BCUT2D eigenvalue weighted by molar-refractivity contribution is 0.435. The molecule has 0 amide bonds. The molecule has 1 fully saturated rings. The highest BCUT2D eigenvalue weighted by molar-refractivity contribution is 4.92. The molecule has 1 nitrogen and oxygen atoms in total. The molecule has 2 heteroatoms. The average Bonchev–Trinajstić information content (AvgIpc) is 2.53. The highest BCUT2D eigenvalue weighted by Crippen LogP contribution is 2.34. The van der Waals surface area contributed by atoms with Gasteiger partial charge in [-0.3, -0.25) is 0 Å². The largest absolute Gasteiger partial charge is 0.310 e. The van der Waals surface area contributed by atoms with Crippen LogP contribution in [0.4, 0.5) is 4.39 Å². The lowest BCUT2D eigenvalue weighted by atomic mass is 10.2. The Bertz CT molecular complexity index is 112. The minimum atomic E-state index is -0.450. The molecule has 0 aliphatic heterocycles. The van der Waals surface area contributed by atoms with Crippen molar-refractivity contribution in [3.8, 4) is 0 Å². The summed E-state index contributed by atoms with van der Waals surface area (Å²) in [5.41, 5.74) is 0. The quantitative estimate of drug-likeness (QED) is 0.479. The van der Waals surface area contributed by atoms with Crippen molar-refractivity contribution in [2.24, 2.45) is 5.92 Å². The third-order valence-corrected chi connectivity index (χ3v) is 1.49. The molecular formula is C6H8FN. The Morgan fingerprint density at radius 3 is 2.50 bits per heavy atom. The minimum absolute atomic E-state index is 0.310. The Kier molecular flexibility index (Phi) is 1.48. The number of nitrogens with zero attached hydrogens (tertiary/aromatic N) is 1. The first-order chi connectivity index (χ1) is 3.88. The minimum Gasteiger partial charge on any atom is -0.310 e. The van der Waals surface area contributed by atoms with Crippen LogP contribution in [-0.2, 0) is 0 Å². The van der Waals surface area contributed by atoms with Gasteiger partial charge in [0, 0.05) is 5.92 Å². The summed E-state index contributed by atoms with van der Waals surface area (Å²) in [5.74, 6) is 0.400. The second-order valence-electron chi connectivity index (χ2n) is 2.19. The second kappa shape index (κ2) is 2.13. The molecule has 0 N–H and O–H groups in total. The Hall–Kier alpha value is -0.580. The summed E-state index contributed by atoms with van der Waals surface area (Å²) in [6.07, 6.45) is 2.13. The molecule has 44 valence electrons. The summed E-state index contributed by atoms with van der Waals surface area (Å²) >= 11 is 0. The fourth-order valence-electron chi connectivity index (χ4n) is 0.747. The van der Waals surface area contributed by atoms with Crippen LogP contribution in [0.3, 0.4) is 0 Å². The molecule has 1 rings (SSSR count). The maximum atomic E-state index is 11.7. The van der Waals surface area contributed by atoms with Crippen LogP contribution < -0.4 is 0 Å². The Balaban J connectivity index is 2.29. The van der Waals surface area contributed by atoms with E-state index in [2.05, 4.69) is 4.85 Å². The number of hydrogen-bond acceptors (Lipinski definition) is 0. The summed E-state index contributed by atoms with van der Waals surface area (Å²) in [6, 6.07) is -0.310. The average molecular weight is 113 g/mol. The predicted molar refractivity (Wildman–Crippen MR) is 29.1 cm³/mol. The highest BCUT2D eigenvalue weighted by atomic mass is 19.1. The Morgan fingerprint density at radius 2 is 2.38 bits per heavy atom. The van der Waals surface area contributed by atoms with Gasteiger partial charge in [-0.15, -0.1) is 0 Å². The first-order valence-electron chi connectivity index (χ1n) is 2.81. The maximum absolute atomic E-state index is 11.7. The molecular weight excluding hydrogens is 105 g/mol. The molecule has 1 unspecified atom stereocenters. The fourth-order valence-corrected chi connectivity index (χ4v) is 0.747. The summed E-state index contributed by atoms with van der Waals surface area (Å²) < 4.78 is 11.7. The number of halogens is 1. The first-order valence-corrected chi connectivity index (χ1v) is 2.81. The van der Waals surface area contributed by atoms with Gasteiger partial charge in [-0.1, -0.05) is 0 Å². The molecule has 0 aromatic heterocycles. The van der Waals surface area contributed by atoms with Crippen LogP contribution >= 0.6 is 0 Å². The van der Waals surface area contributed by atoms with E-state index in [-0.39, 0.29) is 6.04 Å². The van der Waals surface area contributed by atoms with E-state index >= 15 is 0 Å². The van der Waals surface area contributed by atoms with E-state index in [1.54, 1.807) is 0 Å². The van der Waals surface area contributed by atoms with Crippen LogP contribution in [0.5, 0.6) is 0 Å². The molecule has 0 bridgehead atoms. The molecule has 0 radical (unpaired) electrons. The van der Waals surface area contributed by atoms with Crippen LogP contribution in [0, 0.1) is 12.5 Å². The molecule has 1 aliphatic carbocycles. The van der Waals surface area contributed by atoms with Gasteiger partial charge in [0.1, 0.15) is 0 Å². The van der Waals surface area contributed by atoms with Gasteiger partial charge in [-0.2, -0.15) is 0 Å². The van der Waals surface area contributed by atoms with Crippen molar-refractivity contribution in [1.29, 1.82) is 0 Å². The standard InChI is InChI=1S/C6H8FN/c1-8-6(4-7)5-2-3-5/h5-6H,2-4H2. The van der Waals surface area contributed by atoms with Gasteiger partial charge >= 0.3 is 0 Å². The van der Waals surface area contributed by atoms with E-state index in [0.29, 0.717) is 5.92 Å². The van der Waals surface area contributed by atoms with Gasteiger partial charge < -0.3 is 4.85 Å². The van der Waals surface area contributed by atoms with Crippen LogP contribution in [-0.4, -0.2) is 12.7 Å². The zero-order valence-electron chi connectivity index (χ0n) is 4.60. The van der Waals surface area contributed by atoms with Crippen molar-refractivity contribution in [2.45, 2.75) is 18.9 Å². The monoisotopic (exact) mass is 113 g/mol. The van der Waals surface area contributed by atoms with E-state index in [9.17, 15) is 4.39 Å². The number of alkyl halides is 1. The van der Waals surface area contributed by atoms with Gasteiger partial charge in [0.05, 0.1) is 0 Å². The molecule has 1 aliphatic rings. The van der Waals surface area contributed by atoms with Crippen molar-refractivity contribution in [2.75, 3.05) is 6.67 Å². The molecule has 0 spiro atoms. The number of rotatable bonds is 2. The van der Waals surface area contributed by atoms with Crippen molar-refractivity contribution >= 4 is 0 Å². The van der Waals surface area contributed by atoms with Crippen LogP contribution in [0.1, 0.15) is 12.8 Å². The summed E-state index contributed by atoms with van der Waals surface area (Å²) in [5, 5.41) is 0. The van der Waals surface area contributed by atoms with E-state index in [1.807, 2.05) is 0 Å². The zero-order valence-corrected chi connectivity index (χ0v) is 4.60. The smallest absolute Gasteiger partial charge is 0.254 e. The van der Waals surface area contributed by atoms with Crippen molar-refractivity contribution in [3.63, 3.8) is 0 Å². The molecule has 8 heavy (non-hydrogen) atoms. The van der Waals surface area contributed by atoms with E-state index < -0.39 is 6.67 Å². The molecule has 0 saturated heterocycles. The van der Waals surface area contributed by atoms with Gasteiger partial charge in [0.15, 0.2) is 6.67 Å². The summed E-state index contributed by atoms with van der Waals surface area (Å²) in [6.45, 7) is 6.07. The lowest BCUT2D eigenvalue weighted by Crippen LogP contribution is -2.05. The van der Waals surface area contributed by atoms with Gasteiger partial charge in [-0.05, 0) is 12.8 Å². The fraction of sp³-hybridized carbons (Fsp3) is 0.833. The van der Waals surface area contributed by atoms with E-state index in [1.165, 1.54) is 0 Å². The van der Waals surface area contributed by atoms with Gasteiger partial charge in [0.25, 0.3) is 6.04 Å². The highest BCUT2D eigenvalue weighted by Gasteiger charge is 2.35. The first kappa shape index (κ1) is 5.55. The predicted octanol–water partition coefficient (Wildman–Crippen LogP) is 1.65. The molecule has 1 atom stereocenters. The van der Waals surface area contributed by atoms with E-state index in [0.717, 1.165) is 12.8 Å². The van der Waals surface area contributed by atoms with Crippen LogP contribution in [0.2, 0.25) is 0 Å². The van der Waals surface area contributed by atoms with Crippen molar-refractivity contribution in [1.82, 2.24) is 0 Å². The Labute approximate surface area is 48.3 Å². The van der Waals surface area contributed by atoms with Gasteiger partial charge in [0.2, 0.25) is 0 Å². The summed E-state index contributed by atoms with van der Waals surface area (Å²) in [4.78, 5) is 3.14. The number of hydrogen-bond donors (Lipinski definition) is 0. The Morgan fingerprint density at radius 1 is 1.75 bits per heavy atom. The summed E-state index contributed by atoms with van der Waals surface area (Å²) in [7, 11) is 0. The van der Waals surface area contributed by atoms with Gasteiger partial charge in [-0.25, -0.2) is 11.0 Å². The van der Waals surface area contributed by atoms with Crippen molar-refractivity contribution < 1.29 is 4.39 Å². The van der Waals surface area contributed by atoms with Crippen LogP contribution in [0.15, 0.2) is 0 Å². The normalized spacial score (nSPS) is 22.0. The maximum Gasteiger partial charge on any atom is 0.254 e. The molecule has 0 aromatic carbocycles. The second-order valence-corrected chi connectivity index (χ2v) is 2.19. The topological polar surface area (TPSA) is 4.36 Å². The SMILES string of the molecule is [C-]#[N+]C(CF)C1CC1. The molecule has 0 aromatic rings. The lowest BCUT2D eigenvalue weighted by Gasteiger charge is -1.92. The third-order valence-electron chi connectivity index (χ3n) is 1.49. The van der Waals surface area contributed by atoms with Crippen molar-refractivity contribution in [3.05, 3.63) is 11.4 Å². The van der Waals surface area contributed by atoms with E-state index in [4.69, 9.17) is 6.57 Å². The van der Waals surface area contributed by atoms with Crippen LogP contribution in [0.25, 0.3) is 4.85 Å². The zero-order chi connectivity index (χ0) is 5.98.